The molecule has 0 saturated heterocycles. The van der Waals surface area contributed by atoms with Crippen LogP contribution in [0.25, 0.3) is 0 Å². The molecular weight excluding hydrogens is 330 g/mol. The molecule has 0 aliphatic rings. The monoisotopic (exact) mass is 353 g/mol. The van der Waals surface area contributed by atoms with Crippen LogP contribution in [0.5, 0.6) is 11.5 Å². The van der Waals surface area contributed by atoms with Gasteiger partial charge < -0.3 is 20.1 Å². The fourth-order valence-corrected chi connectivity index (χ4v) is 2.23. The molecule has 0 aromatic heterocycles. The number of aromatic hydroxyl groups is 1. The topological polar surface area (TPSA) is 82.0 Å². The fourth-order valence-electron chi connectivity index (χ4n) is 2.23. The number of aliphatic hydroxyl groups is 2. The predicted molar refractivity (Wildman–Crippen MR) is 95.5 cm³/mol. The third-order valence-electron chi connectivity index (χ3n) is 3.58. The molecule has 0 aliphatic carbocycles. The Labute approximate surface area is 148 Å². The number of phenolic OH excluding ortho intramolecular Hbond substituents is 1. The van der Waals surface area contributed by atoms with Gasteiger partial charge in [0, 0.05) is 6.04 Å². The van der Waals surface area contributed by atoms with Crippen LogP contribution in [0.15, 0.2) is 54.6 Å². The molecule has 0 bridgehead atoms. The number of hydrogen-bond acceptors (Lipinski definition) is 5. The lowest BCUT2D eigenvalue weighted by Crippen LogP contribution is -2.49. The molecule has 4 atom stereocenters. The van der Waals surface area contributed by atoms with Crippen molar-refractivity contribution < 1.29 is 20.1 Å². The van der Waals surface area contributed by atoms with Gasteiger partial charge in [-0.05, 0) is 43.7 Å². The molecule has 0 spiro atoms. The number of hydrogen-bond donors (Lipinski definition) is 4. The second-order valence-corrected chi connectivity index (χ2v) is 5.58. The average molecular weight is 354 g/mol. The maximum Gasteiger partial charge on any atom is 0.176 e. The molecule has 4 unspecified atom stereocenters. The Balaban J connectivity index is 0.00000288. The van der Waals surface area contributed by atoms with E-state index in [0.29, 0.717) is 11.3 Å². The van der Waals surface area contributed by atoms with E-state index in [1.54, 1.807) is 38.1 Å². The van der Waals surface area contributed by atoms with Crippen LogP contribution in [0.1, 0.15) is 25.5 Å². The Morgan fingerprint density at radius 2 is 1.50 bits per heavy atom. The SMILES string of the molecule is CC(O)C(NC(C)C(O)c1ccc(O)cc1)Oc1ccccc1.Cl. The largest absolute Gasteiger partial charge is 0.508 e. The van der Waals surface area contributed by atoms with Gasteiger partial charge in [-0.3, -0.25) is 5.32 Å². The molecule has 0 heterocycles. The summed E-state index contributed by atoms with van der Waals surface area (Å²) in [6, 6.07) is 15.2. The number of phenols is 1. The summed E-state index contributed by atoms with van der Waals surface area (Å²) in [7, 11) is 0. The molecule has 5 nitrogen and oxygen atoms in total. The van der Waals surface area contributed by atoms with E-state index in [-0.39, 0.29) is 24.2 Å². The second-order valence-electron chi connectivity index (χ2n) is 5.58. The van der Waals surface area contributed by atoms with Gasteiger partial charge in [-0.15, -0.1) is 12.4 Å². The first-order chi connectivity index (χ1) is 11.0. The molecule has 0 saturated carbocycles. The normalized spacial score (nSPS) is 15.7. The third kappa shape index (κ3) is 5.69. The van der Waals surface area contributed by atoms with Gasteiger partial charge in [0.05, 0.1) is 6.10 Å². The standard InChI is InChI=1S/C18H23NO4.ClH/c1-12(17(22)14-8-10-15(21)11-9-14)19-18(13(2)20)23-16-6-4-3-5-7-16;/h3-13,17-22H,1-2H3;1H. The van der Waals surface area contributed by atoms with Gasteiger partial charge in [-0.25, -0.2) is 0 Å². The van der Waals surface area contributed by atoms with Crippen LogP contribution >= 0.6 is 12.4 Å². The molecule has 0 aliphatic heterocycles. The van der Waals surface area contributed by atoms with E-state index in [0.717, 1.165) is 0 Å². The summed E-state index contributed by atoms with van der Waals surface area (Å²) in [4.78, 5) is 0. The van der Waals surface area contributed by atoms with Gasteiger partial charge in [0.2, 0.25) is 0 Å². The molecule has 0 amide bonds. The van der Waals surface area contributed by atoms with Crippen LogP contribution in [0.2, 0.25) is 0 Å². The van der Waals surface area contributed by atoms with Crippen molar-refractivity contribution in [3.63, 3.8) is 0 Å². The van der Waals surface area contributed by atoms with E-state index in [1.807, 2.05) is 18.2 Å². The number of halogens is 1. The quantitative estimate of drug-likeness (QED) is 0.575. The summed E-state index contributed by atoms with van der Waals surface area (Å²) in [6.45, 7) is 3.43. The van der Waals surface area contributed by atoms with Crippen molar-refractivity contribution in [2.75, 3.05) is 0 Å². The van der Waals surface area contributed by atoms with Crippen LogP contribution < -0.4 is 10.1 Å². The number of para-hydroxylation sites is 1. The minimum absolute atomic E-state index is 0. The van der Waals surface area contributed by atoms with E-state index >= 15 is 0 Å². The van der Waals surface area contributed by atoms with Gasteiger partial charge in [-0.1, -0.05) is 30.3 Å². The number of ether oxygens (including phenoxy) is 1. The highest BCUT2D eigenvalue weighted by atomic mass is 35.5. The lowest BCUT2D eigenvalue weighted by Gasteiger charge is -2.29. The highest BCUT2D eigenvalue weighted by molar-refractivity contribution is 5.85. The Morgan fingerprint density at radius 1 is 0.917 bits per heavy atom. The maximum atomic E-state index is 10.4. The smallest absolute Gasteiger partial charge is 0.176 e. The van der Waals surface area contributed by atoms with E-state index in [9.17, 15) is 15.3 Å². The highest BCUT2D eigenvalue weighted by Gasteiger charge is 2.24. The lowest BCUT2D eigenvalue weighted by molar-refractivity contribution is 0.00438. The van der Waals surface area contributed by atoms with Crippen molar-refractivity contribution in [3.8, 4) is 11.5 Å². The Bertz CT molecular complexity index is 592. The van der Waals surface area contributed by atoms with Crippen LogP contribution in [-0.4, -0.2) is 33.7 Å². The first kappa shape index (κ1) is 20.3. The van der Waals surface area contributed by atoms with Crippen molar-refractivity contribution in [3.05, 3.63) is 60.2 Å². The fraction of sp³-hybridized carbons (Fsp3) is 0.333. The van der Waals surface area contributed by atoms with E-state index in [4.69, 9.17) is 4.74 Å². The molecule has 24 heavy (non-hydrogen) atoms. The molecule has 132 valence electrons. The second kappa shape index (κ2) is 9.49. The average Bonchev–Trinajstić information content (AvgIpc) is 2.55. The van der Waals surface area contributed by atoms with Crippen LogP contribution in [0, 0.1) is 0 Å². The molecule has 2 aromatic carbocycles. The number of rotatable bonds is 7. The van der Waals surface area contributed by atoms with Crippen molar-refractivity contribution in [1.29, 1.82) is 0 Å². The zero-order valence-electron chi connectivity index (χ0n) is 13.7. The lowest BCUT2D eigenvalue weighted by atomic mass is 10.0. The summed E-state index contributed by atoms with van der Waals surface area (Å²) in [5.74, 6) is 0.785. The van der Waals surface area contributed by atoms with Gasteiger partial charge in [0.25, 0.3) is 0 Å². The van der Waals surface area contributed by atoms with Crippen molar-refractivity contribution >= 4 is 12.4 Å². The van der Waals surface area contributed by atoms with Gasteiger partial charge >= 0.3 is 0 Å². The summed E-state index contributed by atoms with van der Waals surface area (Å²) in [6.07, 6.45) is -2.21. The minimum atomic E-state index is -0.795. The first-order valence-corrected chi connectivity index (χ1v) is 7.60. The molecule has 6 heteroatoms. The minimum Gasteiger partial charge on any atom is -0.508 e. The molecule has 2 aromatic rings. The molecule has 4 N–H and O–H groups in total. The van der Waals surface area contributed by atoms with E-state index in [1.165, 1.54) is 12.1 Å². The first-order valence-electron chi connectivity index (χ1n) is 7.60. The molecular formula is C18H24ClNO4. The van der Waals surface area contributed by atoms with Crippen molar-refractivity contribution in [1.82, 2.24) is 5.32 Å². The summed E-state index contributed by atoms with van der Waals surface area (Å²) >= 11 is 0. The van der Waals surface area contributed by atoms with Gasteiger partial charge in [0.1, 0.15) is 17.6 Å². The zero-order chi connectivity index (χ0) is 16.8. The highest BCUT2D eigenvalue weighted by Crippen LogP contribution is 2.20. The summed E-state index contributed by atoms with van der Waals surface area (Å²) in [5, 5.41) is 32.7. The molecule has 0 fully saturated rings. The Hall–Kier alpha value is -1.79. The van der Waals surface area contributed by atoms with Crippen molar-refractivity contribution in [2.45, 2.75) is 38.3 Å². The predicted octanol–water partition coefficient (Wildman–Crippen LogP) is 2.61. The van der Waals surface area contributed by atoms with Crippen LogP contribution in [0.4, 0.5) is 0 Å². The molecule has 2 rings (SSSR count). The number of aliphatic hydroxyl groups excluding tert-OH is 2. The third-order valence-corrected chi connectivity index (χ3v) is 3.58. The van der Waals surface area contributed by atoms with Gasteiger partial charge in [0.15, 0.2) is 6.23 Å². The maximum absolute atomic E-state index is 10.4. The summed E-state index contributed by atoms with van der Waals surface area (Å²) < 4.78 is 5.74. The molecule has 0 radical (unpaired) electrons. The number of benzene rings is 2. The van der Waals surface area contributed by atoms with Crippen molar-refractivity contribution in [2.24, 2.45) is 0 Å². The van der Waals surface area contributed by atoms with E-state index in [2.05, 4.69) is 5.32 Å². The summed E-state index contributed by atoms with van der Waals surface area (Å²) in [5.41, 5.74) is 0.673. The van der Waals surface area contributed by atoms with Crippen LogP contribution in [0.3, 0.4) is 0 Å². The Kier molecular flexibility index (Phi) is 8.01. The zero-order valence-corrected chi connectivity index (χ0v) is 14.5. The van der Waals surface area contributed by atoms with E-state index < -0.39 is 18.4 Å². The van der Waals surface area contributed by atoms with Crippen LogP contribution in [-0.2, 0) is 0 Å². The number of nitrogens with one attached hydrogen (secondary N) is 1. The van der Waals surface area contributed by atoms with Gasteiger partial charge in [-0.2, -0.15) is 0 Å². The Morgan fingerprint density at radius 3 is 2.04 bits per heavy atom.